The molecule has 0 aliphatic carbocycles. The highest BCUT2D eigenvalue weighted by molar-refractivity contribution is 5.56. The van der Waals surface area contributed by atoms with E-state index in [-0.39, 0.29) is 0 Å². The molecule has 0 saturated heterocycles. The van der Waals surface area contributed by atoms with E-state index < -0.39 is 0 Å². The predicted molar refractivity (Wildman–Crippen MR) is 82.5 cm³/mol. The lowest BCUT2D eigenvalue weighted by atomic mass is 10.3. The quantitative estimate of drug-likeness (QED) is 0.808. The summed E-state index contributed by atoms with van der Waals surface area (Å²) in [6, 6.07) is 10.0. The van der Waals surface area contributed by atoms with E-state index in [1.54, 1.807) is 6.20 Å². The summed E-state index contributed by atoms with van der Waals surface area (Å²) >= 11 is 0. The molecule has 0 N–H and O–H groups in total. The highest BCUT2D eigenvalue weighted by Crippen LogP contribution is 2.20. The van der Waals surface area contributed by atoms with Crippen LogP contribution in [-0.2, 0) is 0 Å². The van der Waals surface area contributed by atoms with Crippen LogP contribution in [0.2, 0.25) is 0 Å². The van der Waals surface area contributed by atoms with Crippen LogP contribution in [0.3, 0.4) is 0 Å². The molecule has 0 saturated carbocycles. The first-order valence-electron chi connectivity index (χ1n) is 6.92. The molecule has 106 valence electrons. The summed E-state index contributed by atoms with van der Waals surface area (Å²) in [6.07, 6.45) is 4.02. The number of benzene rings is 1. The van der Waals surface area contributed by atoms with Crippen LogP contribution in [0.15, 0.2) is 36.5 Å². The van der Waals surface area contributed by atoms with Gasteiger partial charge in [0.25, 0.3) is 5.95 Å². The number of anilines is 3. The van der Waals surface area contributed by atoms with Crippen molar-refractivity contribution in [1.82, 2.24) is 15.2 Å². The number of unbranched alkanes of at least 4 members (excludes halogenated alkanes) is 1. The summed E-state index contributed by atoms with van der Waals surface area (Å²) in [5.41, 5.74) is 1.04. The van der Waals surface area contributed by atoms with Crippen LogP contribution in [0.25, 0.3) is 0 Å². The fraction of sp³-hybridized carbons (Fsp3) is 0.400. The predicted octanol–water partition coefficient (Wildman–Crippen LogP) is 2.88. The number of para-hydroxylation sites is 1. The average molecular weight is 271 g/mol. The maximum absolute atomic E-state index is 4.58. The average Bonchev–Trinajstić information content (AvgIpc) is 2.52. The molecule has 5 heteroatoms. The fourth-order valence-corrected chi connectivity index (χ4v) is 1.89. The maximum atomic E-state index is 4.58. The van der Waals surface area contributed by atoms with Crippen molar-refractivity contribution in [1.29, 1.82) is 0 Å². The van der Waals surface area contributed by atoms with E-state index in [1.807, 2.05) is 49.3 Å². The van der Waals surface area contributed by atoms with E-state index in [0.29, 0.717) is 5.95 Å². The van der Waals surface area contributed by atoms with E-state index in [0.717, 1.165) is 24.5 Å². The minimum absolute atomic E-state index is 0.608. The summed E-state index contributed by atoms with van der Waals surface area (Å²) in [7, 11) is 3.98. The molecule has 2 rings (SSSR count). The van der Waals surface area contributed by atoms with E-state index in [1.165, 1.54) is 6.42 Å². The Balaban J connectivity index is 2.17. The highest BCUT2D eigenvalue weighted by atomic mass is 15.3. The molecule has 1 aromatic carbocycles. The van der Waals surface area contributed by atoms with Gasteiger partial charge in [0.1, 0.15) is 0 Å². The third-order valence-electron chi connectivity index (χ3n) is 3.22. The Morgan fingerprint density at radius 2 is 1.85 bits per heavy atom. The summed E-state index contributed by atoms with van der Waals surface area (Å²) < 4.78 is 0. The van der Waals surface area contributed by atoms with Crippen molar-refractivity contribution in [3.05, 3.63) is 36.5 Å². The van der Waals surface area contributed by atoms with Gasteiger partial charge in [-0.25, -0.2) is 0 Å². The lowest BCUT2D eigenvalue weighted by Gasteiger charge is -2.20. The van der Waals surface area contributed by atoms with Crippen LogP contribution in [-0.4, -0.2) is 35.8 Å². The van der Waals surface area contributed by atoms with Crippen LogP contribution in [0, 0.1) is 0 Å². The van der Waals surface area contributed by atoms with Gasteiger partial charge in [0.2, 0.25) is 0 Å². The third kappa shape index (κ3) is 3.44. The van der Waals surface area contributed by atoms with Gasteiger partial charge in [-0.2, -0.15) is 10.1 Å². The van der Waals surface area contributed by atoms with Gasteiger partial charge in [-0.3, -0.25) is 0 Å². The minimum atomic E-state index is 0.608. The van der Waals surface area contributed by atoms with E-state index >= 15 is 0 Å². The number of hydrogen-bond acceptors (Lipinski definition) is 5. The fourth-order valence-electron chi connectivity index (χ4n) is 1.89. The molecule has 0 fully saturated rings. The van der Waals surface area contributed by atoms with Gasteiger partial charge >= 0.3 is 0 Å². The van der Waals surface area contributed by atoms with Crippen molar-refractivity contribution in [2.75, 3.05) is 30.4 Å². The Morgan fingerprint density at radius 3 is 2.55 bits per heavy atom. The molecule has 0 unspecified atom stereocenters. The van der Waals surface area contributed by atoms with Crippen molar-refractivity contribution >= 4 is 17.5 Å². The number of aromatic nitrogens is 3. The lowest BCUT2D eigenvalue weighted by molar-refractivity contribution is 0.752. The smallest absolute Gasteiger partial charge is 0.251 e. The van der Waals surface area contributed by atoms with E-state index in [4.69, 9.17) is 0 Å². The molecular formula is C15H21N5. The van der Waals surface area contributed by atoms with Gasteiger partial charge in [0.05, 0.1) is 6.20 Å². The van der Waals surface area contributed by atoms with Crippen LogP contribution in [0.4, 0.5) is 17.5 Å². The Kier molecular flexibility index (Phi) is 4.87. The molecule has 5 nitrogen and oxygen atoms in total. The van der Waals surface area contributed by atoms with Crippen LogP contribution >= 0.6 is 0 Å². The summed E-state index contributed by atoms with van der Waals surface area (Å²) in [5.74, 6) is 1.46. The molecule has 0 aliphatic heterocycles. The van der Waals surface area contributed by atoms with Gasteiger partial charge < -0.3 is 9.80 Å². The number of rotatable bonds is 6. The largest absolute Gasteiger partial charge is 0.358 e. The summed E-state index contributed by atoms with van der Waals surface area (Å²) in [5, 5.41) is 8.18. The highest BCUT2D eigenvalue weighted by Gasteiger charge is 2.10. The zero-order valence-corrected chi connectivity index (χ0v) is 12.3. The molecule has 0 atom stereocenters. The van der Waals surface area contributed by atoms with Crippen LogP contribution in [0.1, 0.15) is 19.8 Å². The Morgan fingerprint density at radius 1 is 1.10 bits per heavy atom. The zero-order chi connectivity index (χ0) is 14.4. The molecule has 1 aromatic heterocycles. The second-order valence-electron chi connectivity index (χ2n) is 4.78. The first-order chi connectivity index (χ1) is 9.72. The monoisotopic (exact) mass is 271 g/mol. The van der Waals surface area contributed by atoms with Gasteiger partial charge in [0.15, 0.2) is 5.82 Å². The van der Waals surface area contributed by atoms with E-state index in [9.17, 15) is 0 Å². The molecule has 0 bridgehead atoms. The summed E-state index contributed by atoms with van der Waals surface area (Å²) in [6.45, 7) is 3.16. The molecule has 1 heterocycles. The molecular weight excluding hydrogens is 250 g/mol. The van der Waals surface area contributed by atoms with Gasteiger partial charge in [0, 0.05) is 26.3 Å². The molecule has 20 heavy (non-hydrogen) atoms. The molecule has 0 spiro atoms. The standard InChI is InChI=1S/C15H21N5/c1-4-5-11-19(2)14-12-16-18-15(17-14)20(3)13-9-7-6-8-10-13/h6-10,12H,4-5,11H2,1-3H3. The molecule has 2 aromatic rings. The van der Waals surface area contributed by atoms with Crippen molar-refractivity contribution in [2.45, 2.75) is 19.8 Å². The first-order valence-corrected chi connectivity index (χ1v) is 6.92. The Labute approximate surface area is 120 Å². The number of hydrogen-bond donors (Lipinski definition) is 0. The lowest BCUT2D eigenvalue weighted by Crippen LogP contribution is -2.22. The van der Waals surface area contributed by atoms with Crippen molar-refractivity contribution in [3.63, 3.8) is 0 Å². The zero-order valence-electron chi connectivity index (χ0n) is 12.3. The minimum Gasteiger partial charge on any atom is -0.358 e. The number of nitrogens with zero attached hydrogens (tertiary/aromatic N) is 5. The SMILES string of the molecule is CCCCN(C)c1cnnc(N(C)c2ccccc2)n1. The van der Waals surface area contributed by atoms with Crippen LogP contribution in [0.5, 0.6) is 0 Å². The molecule has 0 radical (unpaired) electrons. The second-order valence-corrected chi connectivity index (χ2v) is 4.78. The van der Waals surface area contributed by atoms with Gasteiger partial charge in [-0.15, -0.1) is 5.10 Å². The topological polar surface area (TPSA) is 45.2 Å². The Hall–Kier alpha value is -2.17. The van der Waals surface area contributed by atoms with Crippen molar-refractivity contribution in [2.24, 2.45) is 0 Å². The normalized spacial score (nSPS) is 10.3. The van der Waals surface area contributed by atoms with E-state index in [2.05, 4.69) is 27.0 Å². The maximum Gasteiger partial charge on any atom is 0.251 e. The van der Waals surface area contributed by atoms with Gasteiger partial charge in [-0.1, -0.05) is 31.5 Å². The molecule has 0 aliphatic rings. The van der Waals surface area contributed by atoms with Crippen LogP contribution < -0.4 is 9.80 Å². The second kappa shape index (κ2) is 6.84. The molecule has 0 amide bonds. The van der Waals surface area contributed by atoms with Crippen molar-refractivity contribution in [3.8, 4) is 0 Å². The van der Waals surface area contributed by atoms with Gasteiger partial charge in [-0.05, 0) is 18.6 Å². The first kappa shape index (κ1) is 14.2. The Bertz CT molecular complexity index is 529. The summed E-state index contributed by atoms with van der Waals surface area (Å²) in [4.78, 5) is 8.63. The third-order valence-corrected chi connectivity index (χ3v) is 3.22. The van der Waals surface area contributed by atoms with Crippen molar-refractivity contribution < 1.29 is 0 Å².